The van der Waals surface area contributed by atoms with Gasteiger partial charge in [0.05, 0.1) is 5.69 Å². The average Bonchev–Trinajstić information content (AvgIpc) is 2.73. The molecule has 1 atom stereocenters. The van der Waals surface area contributed by atoms with Crippen LogP contribution in [0, 0.1) is 0 Å². The first-order valence-electron chi connectivity index (χ1n) is 8.76. The number of hydrogen-bond donors (Lipinski definition) is 0. The van der Waals surface area contributed by atoms with Crippen molar-refractivity contribution in [2.24, 2.45) is 0 Å². The molecule has 1 unspecified atom stereocenters. The molecule has 1 aromatic heterocycles. The van der Waals surface area contributed by atoms with Gasteiger partial charge in [-0.05, 0) is 18.2 Å². The van der Waals surface area contributed by atoms with Gasteiger partial charge >= 0.3 is 6.03 Å². The number of carbonyl (C=O) groups excluding carboxylic acids is 1. The number of alkyl halides is 1. The molecule has 0 radical (unpaired) electrons. The van der Waals surface area contributed by atoms with Crippen molar-refractivity contribution in [2.45, 2.75) is 6.04 Å². The summed E-state index contributed by atoms with van der Waals surface area (Å²) in [5.41, 5.74) is 0.548. The van der Waals surface area contributed by atoms with Gasteiger partial charge in [-0.25, -0.2) is 19.2 Å². The second kappa shape index (κ2) is 7.56. The van der Waals surface area contributed by atoms with E-state index in [0.717, 1.165) is 0 Å². The Morgan fingerprint density at radius 1 is 1.22 bits per heavy atom. The van der Waals surface area contributed by atoms with E-state index in [1.54, 1.807) is 41.6 Å². The lowest BCUT2D eigenvalue weighted by Gasteiger charge is -2.41. The molecule has 0 saturated carbocycles. The van der Waals surface area contributed by atoms with E-state index >= 15 is 0 Å². The van der Waals surface area contributed by atoms with E-state index in [0.29, 0.717) is 48.6 Å². The molecule has 7 nitrogen and oxygen atoms in total. The molecule has 0 aliphatic carbocycles. The first-order valence-corrected chi connectivity index (χ1v) is 9.13. The molecule has 142 valence electrons. The smallest absolute Gasteiger partial charge is 0.325 e. The second-order valence-electron chi connectivity index (χ2n) is 6.41. The zero-order chi connectivity index (χ0) is 18.8. The molecule has 0 N–H and O–H groups in total. The van der Waals surface area contributed by atoms with Crippen molar-refractivity contribution in [3.8, 4) is 5.75 Å². The van der Waals surface area contributed by atoms with E-state index in [-0.39, 0.29) is 12.6 Å². The van der Waals surface area contributed by atoms with Gasteiger partial charge in [-0.3, -0.25) is 4.90 Å². The highest BCUT2D eigenvalue weighted by Gasteiger charge is 2.36. The molecule has 4 rings (SSSR count). The van der Waals surface area contributed by atoms with Crippen LogP contribution in [0.2, 0.25) is 5.02 Å². The lowest BCUT2D eigenvalue weighted by atomic mass is 10.1. The number of hydrogen-bond acceptors (Lipinski definition) is 5. The number of piperazine rings is 1. The van der Waals surface area contributed by atoms with E-state index in [9.17, 15) is 9.18 Å². The summed E-state index contributed by atoms with van der Waals surface area (Å²) in [4.78, 5) is 26.9. The maximum Gasteiger partial charge on any atom is 0.325 e. The Balaban J connectivity index is 1.51. The maximum atomic E-state index is 13.6. The van der Waals surface area contributed by atoms with E-state index in [4.69, 9.17) is 16.3 Å². The number of urea groups is 1. The number of rotatable bonds is 2. The number of aromatic nitrogens is 2. The summed E-state index contributed by atoms with van der Waals surface area (Å²) in [5.74, 6) is 1.15. The fourth-order valence-electron chi connectivity index (χ4n) is 3.34. The Labute approximate surface area is 161 Å². The fraction of sp³-hybridized carbons (Fsp3) is 0.389. The number of amides is 2. The molecule has 2 aromatic rings. The minimum absolute atomic E-state index is 0.105. The van der Waals surface area contributed by atoms with Crippen LogP contribution in [0.4, 0.5) is 20.8 Å². The highest BCUT2D eigenvalue weighted by molar-refractivity contribution is 6.30. The molecular weight excluding hydrogens is 373 g/mol. The Hall–Kier alpha value is -2.61. The van der Waals surface area contributed by atoms with Crippen molar-refractivity contribution in [2.75, 3.05) is 49.3 Å². The highest BCUT2D eigenvalue weighted by atomic mass is 35.5. The van der Waals surface area contributed by atoms with Gasteiger partial charge in [-0.15, -0.1) is 0 Å². The summed E-state index contributed by atoms with van der Waals surface area (Å²) in [7, 11) is 0. The standard InChI is InChI=1S/C18H19ClFN5O2/c19-13-2-3-15-16(10-13)27-12-14(11-20)25(15)18(26)24-8-6-23(7-9-24)17-21-4-1-5-22-17/h1-5,10,14H,6-9,11-12H2. The van der Waals surface area contributed by atoms with Gasteiger partial charge in [0.2, 0.25) is 5.95 Å². The third-order valence-corrected chi connectivity index (χ3v) is 4.98. The van der Waals surface area contributed by atoms with Gasteiger partial charge in [-0.2, -0.15) is 0 Å². The summed E-state index contributed by atoms with van der Waals surface area (Å²) < 4.78 is 19.2. The van der Waals surface area contributed by atoms with Crippen molar-refractivity contribution < 1.29 is 13.9 Å². The Morgan fingerprint density at radius 2 is 1.96 bits per heavy atom. The second-order valence-corrected chi connectivity index (χ2v) is 6.84. The maximum absolute atomic E-state index is 13.6. The number of fused-ring (bicyclic) bond motifs is 1. The van der Waals surface area contributed by atoms with Gasteiger partial charge < -0.3 is 14.5 Å². The van der Waals surface area contributed by atoms with Crippen LogP contribution in [0.15, 0.2) is 36.7 Å². The molecule has 2 aliphatic heterocycles. The van der Waals surface area contributed by atoms with Gasteiger partial charge in [0.15, 0.2) is 0 Å². The number of benzene rings is 1. The fourth-order valence-corrected chi connectivity index (χ4v) is 3.50. The Morgan fingerprint density at radius 3 is 2.67 bits per heavy atom. The van der Waals surface area contributed by atoms with Crippen molar-refractivity contribution in [3.05, 3.63) is 41.7 Å². The van der Waals surface area contributed by atoms with Crippen LogP contribution in [-0.2, 0) is 0 Å². The van der Waals surface area contributed by atoms with Gasteiger partial charge in [0.1, 0.15) is 25.1 Å². The van der Waals surface area contributed by atoms with Crippen LogP contribution in [0.25, 0.3) is 0 Å². The first kappa shape index (κ1) is 17.8. The molecular formula is C18H19ClFN5O2. The Bertz CT molecular complexity index is 817. The number of halogens is 2. The number of anilines is 2. The summed E-state index contributed by atoms with van der Waals surface area (Å²) in [6, 6.07) is 5.92. The quantitative estimate of drug-likeness (QED) is 0.787. The minimum Gasteiger partial charge on any atom is -0.489 e. The molecule has 2 amide bonds. The molecule has 0 bridgehead atoms. The summed E-state index contributed by atoms with van der Waals surface area (Å²) in [6.07, 6.45) is 3.39. The summed E-state index contributed by atoms with van der Waals surface area (Å²) in [6.45, 7) is 1.69. The van der Waals surface area contributed by atoms with E-state index in [1.807, 2.05) is 4.90 Å². The minimum atomic E-state index is -0.675. The first-order chi connectivity index (χ1) is 13.2. The van der Waals surface area contributed by atoms with Crippen molar-refractivity contribution in [1.29, 1.82) is 0 Å². The van der Waals surface area contributed by atoms with Gasteiger partial charge in [0, 0.05) is 49.7 Å². The lowest BCUT2D eigenvalue weighted by Crippen LogP contribution is -2.57. The van der Waals surface area contributed by atoms with E-state index in [2.05, 4.69) is 9.97 Å². The number of nitrogens with zero attached hydrogens (tertiary/aromatic N) is 5. The van der Waals surface area contributed by atoms with E-state index in [1.165, 1.54) is 4.90 Å². The zero-order valence-electron chi connectivity index (χ0n) is 14.6. The number of ether oxygens (including phenoxy) is 1. The van der Waals surface area contributed by atoms with Gasteiger partial charge in [-0.1, -0.05) is 11.6 Å². The zero-order valence-corrected chi connectivity index (χ0v) is 15.3. The monoisotopic (exact) mass is 391 g/mol. The van der Waals surface area contributed by atoms with Crippen LogP contribution in [0.3, 0.4) is 0 Å². The van der Waals surface area contributed by atoms with Crippen LogP contribution in [0.1, 0.15) is 0 Å². The molecule has 9 heteroatoms. The molecule has 0 spiro atoms. The van der Waals surface area contributed by atoms with Crippen LogP contribution in [-0.4, -0.2) is 66.4 Å². The predicted molar refractivity (Wildman–Crippen MR) is 100 cm³/mol. The largest absolute Gasteiger partial charge is 0.489 e. The predicted octanol–water partition coefficient (Wildman–Crippen LogP) is 2.61. The molecule has 1 saturated heterocycles. The van der Waals surface area contributed by atoms with E-state index < -0.39 is 12.7 Å². The normalized spacial score (nSPS) is 19.5. The molecule has 1 fully saturated rings. The third-order valence-electron chi connectivity index (χ3n) is 4.75. The van der Waals surface area contributed by atoms with Crippen molar-refractivity contribution in [1.82, 2.24) is 14.9 Å². The van der Waals surface area contributed by atoms with Gasteiger partial charge in [0.25, 0.3) is 0 Å². The topological polar surface area (TPSA) is 61.8 Å². The summed E-state index contributed by atoms with van der Waals surface area (Å²) in [5, 5.41) is 0.510. The third kappa shape index (κ3) is 3.49. The van der Waals surface area contributed by atoms with Crippen LogP contribution < -0.4 is 14.5 Å². The molecule has 1 aromatic carbocycles. The molecule has 2 aliphatic rings. The highest BCUT2D eigenvalue weighted by Crippen LogP contribution is 2.37. The van der Waals surface area contributed by atoms with Crippen LogP contribution >= 0.6 is 11.6 Å². The molecule has 27 heavy (non-hydrogen) atoms. The SMILES string of the molecule is O=C(N1CCN(c2ncccn2)CC1)N1c2ccc(Cl)cc2OCC1CF. The summed E-state index contributed by atoms with van der Waals surface area (Å²) >= 11 is 6.01. The molecule has 3 heterocycles. The Kier molecular flexibility index (Phi) is 4.98. The number of carbonyl (C=O) groups is 1. The van der Waals surface area contributed by atoms with Crippen LogP contribution in [0.5, 0.6) is 5.75 Å². The average molecular weight is 392 g/mol. The van der Waals surface area contributed by atoms with Crippen molar-refractivity contribution >= 4 is 29.3 Å². The van der Waals surface area contributed by atoms with Crippen molar-refractivity contribution in [3.63, 3.8) is 0 Å². The lowest BCUT2D eigenvalue weighted by molar-refractivity contribution is 0.182.